The summed E-state index contributed by atoms with van der Waals surface area (Å²) in [5.74, 6) is 0.331. The van der Waals surface area contributed by atoms with Gasteiger partial charge in [0.1, 0.15) is 0 Å². The molecule has 3 atom stereocenters. The predicted octanol–water partition coefficient (Wildman–Crippen LogP) is -0.198. The SMILES string of the molecule is C=C1NC(=O)C(C[Se]CC)=CN1[C@H]1CC(O)[C@@H](CO)O1. The quantitative estimate of drug-likeness (QED) is 0.600. The fraction of sp³-hybridized carbons (Fsp3) is 0.615. The van der Waals surface area contributed by atoms with Crippen molar-refractivity contribution < 1.29 is 19.7 Å². The second-order valence-corrected chi connectivity index (χ2v) is 7.39. The molecule has 0 saturated carbocycles. The fourth-order valence-corrected chi connectivity index (χ4v) is 3.52. The van der Waals surface area contributed by atoms with Crippen molar-refractivity contribution >= 4 is 20.9 Å². The van der Waals surface area contributed by atoms with Crippen LogP contribution in [0.15, 0.2) is 24.2 Å². The Bertz CT molecular complexity index is 427. The number of carbonyl (C=O) groups excluding carboxylic acids is 1. The van der Waals surface area contributed by atoms with Crippen LogP contribution < -0.4 is 5.32 Å². The zero-order chi connectivity index (χ0) is 14.7. The summed E-state index contributed by atoms with van der Waals surface area (Å²) in [6.07, 6.45) is 0.451. The molecular formula is C13H20N2O4Se. The van der Waals surface area contributed by atoms with Gasteiger partial charge >= 0.3 is 124 Å². The Morgan fingerprint density at radius 2 is 2.40 bits per heavy atom. The van der Waals surface area contributed by atoms with Gasteiger partial charge in [0.05, 0.1) is 0 Å². The Kier molecular flexibility index (Phi) is 5.23. The van der Waals surface area contributed by atoms with Gasteiger partial charge in [-0.05, 0) is 0 Å². The monoisotopic (exact) mass is 348 g/mol. The average molecular weight is 347 g/mol. The number of ether oxygens (including phenoxy) is 1. The minimum atomic E-state index is -0.702. The van der Waals surface area contributed by atoms with Crippen molar-refractivity contribution in [3.05, 3.63) is 24.2 Å². The number of nitrogens with one attached hydrogen (secondary N) is 1. The molecule has 2 heterocycles. The Labute approximate surface area is 124 Å². The molecule has 20 heavy (non-hydrogen) atoms. The van der Waals surface area contributed by atoms with Gasteiger partial charge < -0.3 is 0 Å². The third kappa shape index (κ3) is 3.24. The Morgan fingerprint density at radius 1 is 1.65 bits per heavy atom. The van der Waals surface area contributed by atoms with Crippen LogP contribution in [0.25, 0.3) is 0 Å². The number of aliphatic hydroxyl groups excluding tert-OH is 2. The molecule has 2 rings (SSSR count). The van der Waals surface area contributed by atoms with Crippen molar-refractivity contribution in [2.75, 3.05) is 6.61 Å². The molecule has 2 aliphatic rings. The van der Waals surface area contributed by atoms with E-state index in [1.165, 1.54) is 0 Å². The number of carbonyl (C=O) groups is 1. The summed E-state index contributed by atoms with van der Waals surface area (Å²) in [6, 6.07) is 0. The van der Waals surface area contributed by atoms with Crippen molar-refractivity contribution in [2.24, 2.45) is 0 Å². The predicted molar refractivity (Wildman–Crippen MR) is 74.6 cm³/mol. The van der Waals surface area contributed by atoms with E-state index in [2.05, 4.69) is 18.8 Å². The van der Waals surface area contributed by atoms with Gasteiger partial charge in [0.2, 0.25) is 0 Å². The van der Waals surface area contributed by atoms with Gasteiger partial charge in [-0.3, -0.25) is 0 Å². The van der Waals surface area contributed by atoms with E-state index >= 15 is 0 Å². The summed E-state index contributed by atoms with van der Waals surface area (Å²) >= 11 is 0.400. The second kappa shape index (κ2) is 6.74. The van der Waals surface area contributed by atoms with Crippen LogP contribution in [0.3, 0.4) is 0 Å². The standard InChI is InChI=1S/C13H20N2O4Se/c1-3-20-7-9-5-15(8(2)14-13(9)18)12-4-10(17)11(6-16)19-12/h5,10-12,16-17H,2-4,6-7H2,1H3,(H,14,18)/t10?,11-,12-/m1/s1. The van der Waals surface area contributed by atoms with E-state index in [0.717, 1.165) is 10.6 Å². The zero-order valence-electron chi connectivity index (χ0n) is 11.4. The summed E-state index contributed by atoms with van der Waals surface area (Å²) in [5.41, 5.74) is 0.713. The first-order valence-corrected chi connectivity index (χ1v) is 9.00. The van der Waals surface area contributed by atoms with Gasteiger partial charge in [-0.1, -0.05) is 0 Å². The molecule has 1 unspecified atom stereocenters. The number of nitrogens with zero attached hydrogens (tertiary/aromatic N) is 1. The summed E-state index contributed by atoms with van der Waals surface area (Å²) in [6.45, 7) is 5.69. The topological polar surface area (TPSA) is 82.0 Å². The van der Waals surface area contributed by atoms with Gasteiger partial charge in [0.25, 0.3) is 0 Å². The van der Waals surface area contributed by atoms with Crippen LogP contribution in [0, 0.1) is 0 Å². The van der Waals surface area contributed by atoms with E-state index in [4.69, 9.17) is 9.84 Å². The van der Waals surface area contributed by atoms with Gasteiger partial charge in [-0.25, -0.2) is 0 Å². The maximum absolute atomic E-state index is 11.9. The third-order valence-electron chi connectivity index (χ3n) is 3.31. The normalized spacial score (nSPS) is 30.4. The summed E-state index contributed by atoms with van der Waals surface area (Å²) in [7, 11) is 0. The number of amides is 1. The molecule has 112 valence electrons. The average Bonchev–Trinajstić information content (AvgIpc) is 2.79. The van der Waals surface area contributed by atoms with Gasteiger partial charge in [-0.2, -0.15) is 0 Å². The molecule has 0 aromatic carbocycles. The Balaban J connectivity index is 2.11. The molecule has 0 aliphatic carbocycles. The Hall–Kier alpha value is -0.851. The van der Waals surface area contributed by atoms with Crippen molar-refractivity contribution in [2.45, 2.75) is 42.4 Å². The molecule has 1 amide bonds. The molecule has 1 fully saturated rings. The number of hydrogen-bond acceptors (Lipinski definition) is 5. The number of rotatable bonds is 5. The molecule has 0 aromatic rings. The van der Waals surface area contributed by atoms with Crippen molar-refractivity contribution in [3.8, 4) is 0 Å². The maximum atomic E-state index is 11.9. The van der Waals surface area contributed by atoms with Gasteiger partial charge in [-0.15, -0.1) is 0 Å². The van der Waals surface area contributed by atoms with Crippen molar-refractivity contribution in [1.29, 1.82) is 0 Å². The summed E-state index contributed by atoms with van der Waals surface area (Å²) in [5, 5.41) is 23.5. The van der Waals surface area contributed by atoms with Gasteiger partial charge in [0.15, 0.2) is 0 Å². The van der Waals surface area contributed by atoms with Crippen LogP contribution in [0.5, 0.6) is 0 Å². The molecule has 3 N–H and O–H groups in total. The molecule has 6 nitrogen and oxygen atoms in total. The van der Waals surface area contributed by atoms with Crippen LogP contribution in [-0.2, 0) is 9.53 Å². The zero-order valence-corrected chi connectivity index (χ0v) is 13.1. The van der Waals surface area contributed by atoms with Crippen LogP contribution in [0.1, 0.15) is 13.3 Å². The van der Waals surface area contributed by atoms with E-state index in [9.17, 15) is 9.90 Å². The molecule has 7 heteroatoms. The number of aliphatic hydroxyl groups is 2. The second-order valence-electron chi connectivity index (χ2n) is 4.71. The first-order chi connectivity index (χ1) is 9.56. The van der Waals surface area contributed by atoms with Crippen LogP contribution in [0.4, 0.5) is 0 Å². The van der Waals surface area contributed by atoms with Crippen LogP contribution in [0.2, 0.25) is 10.6 Å². The first kappa shape index (κ1) is 15.5. The van der Waals surface area contributed by atoms with Crippen molar-refractivity contribution in [1.82, 2.24) is 10.2 Å². The van der Waals surface area contributed by atoms with Crippen LogP contribution >= 0.6 is 0 Å². The van der Waals surface area contributed by atoms with Crippen molar-refractivity contribution in [3.63, 3.8) is 0 Å². The third-order valence-corrected chi connectivity index (χ3v) is 5.25. The fourth-order valence-electron chi connectivity index (χ4n) is 2.20. The van der Waals surface area contributed by atoms with E-state index in [1.807, 2.05) is 0 Å². The molecule has 0 radical (unpaired) electrons. The molecule has 0 bridgehead atoms. The van der Waals surface area contributed by atoms with E-state index in [-0.39, 0.29) is 12.5 Å². The molecule has 1 saturated heterocycles. The molecule has 2 aliphatic heterocycles. The number of hydrogen-bond donors (Lipinski definition) is 3. The van der Waals surface area contributed by atoms with Gasteiger partial charge in [0, 0.05) is 0 Å². The first-order valence-electron chi connectivity index (χ1n) is 6.58. The molecule has 0 spiro atoms. The Morgan fingerprint density at radius 3 is 3.00 bits per heavy atom. The summed E-state index contributed by atoms with van der Waals surface area (Å²) < 4.78 is 5.60. The molecular weight excluding hydrogens is 327 g/mol. The van der Waals surface area contributed by atoms with E-state index in [0.29, 0.717) is 32.8 Å². The van der Waals surface area contributed by atoms with E-state index < -0.39 is 18.4 Å². The molecule has 0 aromatic heterocycles. The minimum absolute atomic E-state index is 0.112. The van der Waals surface area contributed by atoms with Crippen LogP contribution in [-0.4, -0.2) is 61.0 Å². The van der Waals surface area contributed by atoms with E-state index in [1.54, 1.807) is 11.1 Å². The summed E-state index contributed by atoms with van der Waals surface area (Å²) in [4.78, 5) is 13.6.